The van der Waals surface area contributed by atoms with Gasteiger partial charge in [-0.2, -0.15) is 0 Å². The molecule has 2 rings (SSSR count). The van der Waals surface area contributed by atoms with Gasteiger partial charge < -0.3 is 10.5 Å². The predicted molar refractivity (Wildman–Crippen MR) is 73.4 cm³/mol. The van der Waals surface area contributed by atoms with Crippen molar-refractivity contribution >= 4 is 5.69 Å². The van der Waals surface area contributed by atoms with Gasteiger partial charge in [0.25, 0.3) is 0 Å². The van der Waals surface area contributed by atoms with Crippen LogP contribution >= 0.6 is 0 Å². The average Bonchev–Trinajstić information content (AvgIpc) is 2.91. The first-order valence-electron chi connectivity index (χ1n) is 6.60. The van der Waals surface area contributed by atoms with Gasteiger partial charge in [-0.05, 0) is 22.9 Å². The van der Waals surface area contributed by atoms with E-state index in [1.165, 1.54) is 10.7 Å². The quantitative estimate of drug-likeness (QED) is 0.827. The Balaban J connectivity index is 2.46. The largest absolute Gasteiger partial charge is 0.396 e. The lowest BCUT2D eigenvalue weighted by Gasteiger charge is -2.17. The van der Waals surface area contributed by atoms with Gasteiger partial charge >= 0.3 is 0 Å². The summed E-state index contributed by atoms with van der Waals surface area (Å²) >= 11 is 0. The van der Waals surface area contributed by atoms with E-state index in [4.69, 9.17) is 10.5 Å². The van der Waals surface area contributed by atoms with Gasteiger partial charge in [0.2, 0.25) is 0 Å². The van der Waals surface area contributed by atoms with Crippen molar-refractivity contribution in [1.82, 2.24) is 20.2 Å². The number of aromatic nitrogens is 4. The molecule has 6 nitrogen and oxygen atoms in total. The normalized spacial score (nSPS) is 12.6. The molecule has 1 aromatic heterocycles. The van der Waals surface area contributed by atoms with Crippen molar-refractivity contribution < 1.29 is 13.5 Å². The lowest BCUT2D eigenvalue weighted by atomic mass is 10.1. The van der Waals surface area contributed by atoms with Gasteiger partial charge in [-0.1, -0.05) is 13.3 Å². The van der Waals surface area contributed by atoms with Crippen LogP contribution < -0.4 is 5.73 Å². The second kappa shape index (κ2) is 6.57. The summed E-state index contributed by atoms with van der Waals surface area (Å²) in [6.45, 7) is 2.41. The number of benzene rings is 1. The van der Waals surface area contributed by atoms with E-state index < -0.39 is 11.6 Å². The van der Waals surface area contributed by atoms with Crippen LogP contribution in [-0.4, -0.2) is 33.9 Å². The van der Waals surface area contributed by atoms with Crippen molar-refractivity contribution in [3.05, 3.63) is 23.8 Å². The molecule has 0 saturated heterocycles. The minimum Gasteiger partial charge on any atom is -0.396 e. The molecule has 21 heavy (non-hydrogen) atoms. The number of tetrazole rings is 1. The zero-order chi connectivity index (χ0) is 15.4. The summed E-state index contributed by atoms with van der Waals surface area (Å²) in [5, 5.41) is 11.3. The highest BCUT2D eigenvalue weighted by Crippen LogP contribution is 2.27. The molecule has 0 saturated carbocycles. The van der Waals surface area contributed by atoms with E-state index in [0.29, 0.717) is 6.61 Å². The van der Waals surface area contributed by atoms with Crippen LogP contribution in [-0.2, 0) is 4.74 Å². The van der Waals surface area contributed by atoms with Gasteiger partial charge in [0.05, 0.1) is 23.9 Å². The summed E-state index contributed by atoms with van der Waals surface area (Å²) in [7, 11) is 1.57. The number of nitrogens with zero attached hydrogens (tertiary/aromatic N) is 4. The summed E-state index contributed by atoms with van der Waals surface area (Å²) in [5.41, 5.74) is 5.41. The van der Waals surface area contributed by atoms with Crippen molar-refractivity contribution in [2.24, 2.45) is 0 Å². The van der Waals surface area contributed by atoms with E-state index >= 15 is 0 Å². The molecule has 0 aliphatic rings. The summed E-state index contributed by atoms with van der Waals surface area (Å²) in [6, 6.07) is 1.80. The van der Waals surface area contributed by atoms with E-state index in [-0.39, 0.29) is 23.1 Å². The molecule has 0 aliphatic heterocycles. The minimum atomic E-state index is -0.808. The highest BCUT2D eigenvalue weighted by molar-refractivity contribution is 5.62. The van der Waals surface area contributed by atoms with Crippen molar-refractivity contribution in [3.63, 3.8) is 0 Å². The van der Waals surface area contributed by atoms with Crippen LogP contribution in [0.15, 0.2) is 12.1 Å². The molecule has 0 amide bonds. The zero-order valence-corrected chi connectivity index (χ0v) is 11.9. The average molecular weight is 297 g/mol. The SMILES string of the molecule is CCCC(COC)n1nnnc1-c1cc(N)c(F)cc1F. The topological polar surface area (TPSA) is 78.8 Å². The highest BCUT2D eigenvalue weighted by atomic mass is 19.1. The van der Waals surface area contributed by atoms with Gasteiger partial charge in [0.15, 0.2) is 5.82 Å². The number of anilines is 1. The first-order valence-corrected chi connectivity index (χ1v) is 6.60. The fourth-order valence-corrected chi connectivity index (χ4v) is 2.16. The Morgan fingerprint density at radius 1 is 1.33 bits per heavy atom. The molecule has 1 atom stereocenters. The Bertz CT molecular complexity index is 611. The Morgan fingerprint density at radius 3 is 2.76 bits per heavy atom. The standard InChI is InChI=1S/C13H17F2N5O/c1-3-4-8(7-21-2)20-13(17-18-19-20)9-5-12(16)11(15)6-10(9)14/h5-6,8H,3-4,7,16H2,1-2H3. The smallest absolute Gasteiger partial charge is 0.185 e. The maximum absolute atomic E-state index is 14.0. The Hall–Kier alpha value is -2.09. The zero-order valence-electron chi connectivity index (χ0n) is 11.9. The van der Waals surface area contributed by atoms with Crippen molar-refractivity contribution in [2.75, 3.05) is 19.5 Å². The van der Waals surface area contributed by atoms with E-state index in [2.05, 4.69) is 15.5 Å². The maximum atomic E-state index is 14.0. The van der Waals surface area contributed by atoms with Crippen LogP contribution in [0.1, 0.15) is 25.8 Å². The second-order valence-corrected chi connectivity index (χ2v) is 4.70. The van der Waals surface area contributed by atoms with Crippen LogP contribution in [0.3, 0.4) is 0 Å². The van der Waals surface area contributed by atoms with E-state index in [0.717, 1.165) is 18.9 Å². The molecular formula is C13H17F2N5O. The van der Waals surface area contributed by atoms with Crippen molar-refractivity contribution in [2.45, 2.75) is 25.8 Å². The fourth-order valence-electron chi connectivity index (χ4n) is 2.16. The molecule has 0 radical (unpaired) electrons. The van der Waals surface area contributed by atoms with E-state index in [9.17, 15) is 8.78 Å². The molecule has 2 aromatic rings. The third-order valence-corrected chi connectivity index (χ3v) is 3.15. The van der Waals surface area contributed by atoms with Crippen LogP contribution in [0, 0.1) is 11.6 Å². The Kier molecular flexibility index (Phi) is 4.79. The van der Waals surface area contributed by atoms with Crippen LogP contribution in [0.25, 0.3) is 11.4 Å². The maximum Gasteiger partial charge on any atom is 0.185 e. The molecule has 0 spiro atoms. The van der Waals surface area contributed by atoms with Gasteiger partial charge in [-0.15, -0.1) is 5.10 Å². The highest BCUT2D eigenvalue weighted by Gasteiger charge is 2.21. The van der Waals surface area contributed by atoms with Crippen LogP contribution in [0.2, 0.25) is 0 Å². The number of rotatable bonds is 6. The lowest BCUT2D eigenvalue weighted by Crippen LogP contribution is -2.17. The second-order valence-electron chi connectivity index (χ2n) is 4.70. The summed E-state index contributed by atoms with van der Waals surface area (Å²) < 4.78 is 33.9. The molecule has 0 bridgehead atoms. The number of methoxy groups -OCH3 is 1. The number of nitrogens with two attached hydrogens (primary N) is 1. The van der Waals surface area contributed by atoms with Gasteiger partial charge in [-0.3, -0.25) is 0 Å². The molecule has 0 fully saturated rings. The number of hydrogen-bond donors (Lipinski definition) is 1. The summed E-state index contributed by atoms with van der Waals surface area (Å²) in [5.74, 6) is -1.36. The molecule has 1 heterocycles. The lowest BCUT2D eigenvalue weighted by molar-refractivity contribution is 0.144. The van der Waals surface area contributed by atoms with Crippen LogP contribution in [0.5, 0.6) is 0 Å². The van der Waals surface area contributed by atoms with Gasteiger partial charge in [-0.25, -0.2) is 13.5 Å². The number of nitrogen functional groups attached to an aromatic ring is 1. The molecule has 2 N–H and O–H groups in total. The third kappa shape index (κ3) is 3.15. The Morgan fingerprint density at radius 2 is 2.10 bits per heavy atom. The molecule has 1 unspecified atom stereocenters. The van der Waals surface area contributed by atoms with Crippen LogP contribution in [0.4, 0.5) is 14.5 Å². The molecular weight excluding hydrogens is 280 g/mol. The fraction of sp³-hybridized carbons (Fsp3) is 0.462. The minimum absolute atomic E-state index is 0.0658. The van der Waals surface area contributed by atoms with E-state index in [1.807, 2.05) is 6.92 Å². The predicted octanol–water partition coefficient (Wildman–Crippen LogP) is 2.19. The number of hydrogen-bond acceptors (Lipinski definition) is 5. The molecule has 8 heteroatoms. The monoisotopic (exact) mass is 297 g/mol. The van der Waals surface area contributed by atoms with Gasteiger partial charge in [0.1, 0.15) is 11.6 Å². The first kappa shape index (κ1) is 15.3. The number of halogens is 2. The molecule has 0 aliphatic carbocycles. The van der Waals surface area contributed by atoms with Crippen molar-refractivity contribution in [1.29, 1.82) is 0 Å². The molecule has 114 valence electrons. The summed E-state index contributed by atoms with van der Waals surface area (Å²) in [6.07, 6.45) is 1.66. The molecule has 1 aromatic carbocycles. The third-order valence-electron chi connectivity index (χ3n) is 3.15. The van der Waals surface area contributed by atoms with Gasteiger partial charge in [0, 0.05) is 13.2 Å². The number of ether oxygens (including phenoxy) is 1. The van der Waals surface area contributed by atoms with E-state index in [1.54, 1.807) is 7.11 Å². The Labute approximate surface area is 120 Å². The first-order chi connectivity index (χ1) is 10.1. The summed E-state index contributed by atoms with van der Waals surface area (Å²) in [4.78, 5) is 0. The van der Waals surface area contributed by atoms with Crippen molar-refractivity contribution in [3.8, 4) is 11.4 Å².